The molecule has 1 aromatic rings. The predicted molar refractivity (Wildman–Crippen MR) is 56.7 cm³/mol. The van der Waals surface area contributed by atoms with Crippen molar-refractivity contribution in [3.63, 3.8) is 0 Å². The lowest BCUT2D eigenvalue weighted by molar-refractivity contribution is 0.305. The van der Waals surface area contributed by atoms with Crippen LogP contribution in [0.3, 0.4) is 0 Å². The van der Waals surface area contributed by atoms with E-state index in [2.05, 4.69) is 17.2 Å². The first-order chi connectivity index (χ1) is 6.72. The highest BCUT2D eigenvalue weighted by Crippen LogP contribution is 2.34. The number of ether oxygens (including phenoxy) is 1. The topological polar surface area (TPSA) is 34.1 Å². The van der Waals surface area contributed by atoms with Crippen LogP contribution in [-0.2, 0) is 0 Å². The number of pyridine rings is 1. The number of aromatic nitrogens is 1. The predicted octanol–water partition coefficient (Wildman–Crippen LogP) is 2.44. The molecule has 1 fully saturated rings. The molecule has 1 saturated carbocycles. The zero-order valence-electron chi connectivity index (χ0n) is 8.71. The lowest BCUT2D eigenvalue weighted by atomic mass is 9.78. The zero-order valence-corrected chi connectivity index (χ0v) is 8.71. The van der Waals surface area contributed by atoms with Crippen LogP contribution in [0.25, 0.3) is 0 Å². The summed E-state index contributed by atoms with van der Waals surface area (Å²) in [4.78, 5) is 4.32. The highest BCUT2D eigenvalue weighted by molar-refractivity contribution is 5.40. The molecule has 0 spiro atoms. The van der Waals surface area contributed by atoms with Gasteiger partial charge >= 0.3 is 0 Å². The molecule has 3 nitrogen and oxygen atoms in total. The van der Waals surface area contributed by atoms with Crippen molar-refractivity contribution in [2.45, 2.75) is 31.7 Å². The standard InChI is InChI=1S/C11H16N2O/c1-11(7-4-8-11)13-9-5-3-6-10(12-9)14-2/h3,5-6H,4,7-8H2,1-2H3,(H,12,13). The maximum atomic E-state index is 5.07. The van der Waals surface area contributed by atoms with Gasteiger partial charge in [-0.15, -0.1) is 0 Å². The molecule has 1 heterocycles. The van der Waals surface area contributed by atoms with Gasteiger partial charge in [-0.1, -0.05) is 6.07 Å². The Balaban J connectivity index is 2.08. The van der Waals surface area contributed by atoms with E-state index in [1.165, 1.54) is 19.3 Å². The van der Waals surface area contributed by atoms with E-state index < -0.39 is 0 Å². The third-order valence-corrected chi connectivity index (χ3v) is 2.82. The number of rotatable bonds is 3. The Hall–Kier alpha value is -1.25. The van der Waals surface area contributed by atoms with Gasteiger partial charge in [0.2, 0.25) is 5.88 Å². The molecule has 0 aromatic carbocycles. The second kappa shape index (κ2) is 3.48. The Bertz CT molecular complexity index is 321. The Kier molecular flexibility index (Phi) is 2.32. The highest BCUT2D eigenvalue weighted by atomic mass is 16.5. The third kappa shape index (κ3) is 1.81. The normalized spacial score (nSPS) is 18.4. The molecule has 3 heteroatoms. The van der Waals surface area contributed by atoms with E-state index in [9.17, 15) is 0 Å². The monoisotopic (exact) mass is 192 g/mol. The summed E-state index contributed by atoms with van der Waals surface area (Å²) in [7, 11) is 1.64. The molecule has 0 aliphatic heterocycles. The number of nitrogens with zero attached hydrogens (tertiary/aromatic N) is 1. The summed E-state index contributed by atoms with van der Waals surface area (Å²) in [6, 6.07) is 5.79. The summed E-state index contributed by atoms with van der Waals surface area (Å²) < 4.78 is 5.07. The van der Waals surface area contributed by atoms with E-state index in [4.69, 9.17) is 4.74 Å². The molecule has 14 heavy (non-hydrogen) atoms. The summed E-state index contributed by atoms with van der Waals surface area (Å²) in [5.41, 5.74) is 0.249. The van der Waals surface area contributed by atoms with Crippen LogP contribution in [0.2, 0.25) is 0 Å². The first-order valence-corrected chi connectivity index (χ1v) is 5.01. The highest BCUT2D eigenvalue weighted by Gasteiger charge is 2.31. The summed E-state index contributed by atoms with van der Waals surface area (Å²) in [6.07, 6.45) is 3.77. The average Bonchev–Trinajstić information content (AvgIpc) is 2.16. The molecule has 1 aliphatic rings. The molecule has 0 bridgehead atoms. The van der Waals surface area contributed by atoms with Gasteiger partial charge in [0.15, 0.2) is 0 Å². The summed E-state index contributed by atoms with van der Waals surface area (Å²) in [6.45, 7) is 2.23. The number of hydrogen-bond acceptors (Lipinski definition) is 3. The van der Waals surface area contributed by atoms with Crippen molar-refractivity contribution in [2.24, 2.45) is 0 Å². The third-order valence-electron chi connectivity index (χ3n) is 2.82. The van der Waals surface area contributed by atoms with Crippen molar-refractivity contribution in [1.29, 1.82) is 0 Å². The lowest BCUT2D eigenvalue weighted by Gasteiger charge is -2.39. The van der Waals surface area contributed by atoms with E-state index >= 15 is 0 Å². The van der Waals surface area contributed by atoms with Crippen LogP contribution in [0.15, 0.2) is 18.2 Å². The summed E-state index contributed by atoms with van der Waals surface area (Å²) in [5, 5.41) is 3.44. The van der Waals surface area contributed by atoms with Gasteiger partial charge in [0, 0.05) is 11.6 Å². The first kappa shape index (κ1) is 9.31. The van der Waals surface area contributed by atoms with Gasteiger partial charge in [0.05, 0.1) is 7.11 Å². The number of hydrogen-bond donors (Lipinski definition) is 1. The van der Waals surface area contributed by atoms with E-state index in [-0.39, 0.29) is 5.54 Å². The SMILES string of the molecule is COc1cccc(NC2(C)CCC2)n1. The minimum atomic E-state index is 0.249. The van der Waals surface area contributed by atoms with Crippen LogP contribution < -0.4 is 10.1 Å². The quantitative estimate of drug-likeness (QED) is 0.798. The molecule has 0 saturated heterocycles. The van der Waals surface area contributed by atoms with E-state index in [0.29, 0.717) is 5.88 Å². The molecular formula is C11H16N2O. The largest absolute Gasteiger partial charge is 0.481 e. The van der Waals surface area contributed by atoms with Crippen molar-refractivity contribution in [3.05, 3.63) is 18.2 Å². The Morgan fingerprint density at radius 1 is 1.43 bits per heavy atom. The Labute approximate surface area is 84.5 Å². The maximum Gasteiger partial charge on any atom is 0.214 e. The van der Waals surface area contributed by atoms with Crippen molar-refractivity contribution >= 4 is 5.82 Å². The number of nitrogens with one attached hydrogen (secondary N) is 1. The molecule has 1 aromatic heterocycles. The van der Waals surface area contributed by atoms with Crippen LogP contribution in [0.1, 0.15) is 26.2 Å². The molecule has 2 rings (SSSR count). The van der Waals surface area contributed by atoms with E-state index in [0.717, 1.165) is 5.82 Å². The molecule has 76 valence electrons. The van der Waals surface area contributed by atoms with Gasteiger partial charge in [0.25, 0.3) is 0 Å². The molecular weight excluding hydrogens is 176 g/mol. The Morgan fingerprint density at radius 2 is 2.21 bits per heavy atom. The molecule has 1 N–H and O–H groups in total. The van der Waals surface area contributed by atoms with Crippen LogP contribution >= 0.6 is 0 Å². The van der Waals surface area contributed by atoms with Crippen LogP contribution in [0.5, 0.6) is 5.88 Å². The maximum absolute atomic E-state index is 5.07. The van der Waals surface area contributed by atoms with Crippen molar-refractivity contribution in [3.8, 4) is 5.88 Å². The van der Waals surface area contributed by atoms with Gasteiger partial charge < -0.3 is 10.1 Å². The van der Waals surface area contributed by atoms with Gasteiger partial charge in [-0.25, -0.2) is 0 Å². The fourth-order valence-electron chi connectivity index (χ4n) is 1.74. The molecule has 0 radical (unpaired) electrons. The van der Waals surface area contributed by atoms with Crippen LogP contribution in [0, 0.1) is 0 Å². The second-order valence-electron chi connectivity index (χ2n) is 4.10. The van der Waals surface area contributed by atoms with Gasteiger partial charge in [-0.3, -0.25) is 0 Å². The van der Waals surface area contributed by atoms with E-state index in [1.807, 2.05) is 18.2 Å². The minimum absolute atomic E-state index is 0.249. The summed E-state index contributed by atoms with van der Waals surface area (Å²) >= 11 is 0. The molecule has 0 unspecified atom stereocenters. The first-order valence-electron chi connectivity index (χ1n) is 5.01. The number of anilines is 1. The Morgan fingerprint density at radius 3 is 2.79 bits per heavy atom. The van der Waals surface area contributed by atoms with Crippen molar-refractivity contribution in [2.75, 3.05) is 12.4 Å². The lowest BCUT2D eigenvalue weighted by Crippen LogP contribution is -2.41. The van der Waals surface area contributed by atoms with Gasteiger partial charge in [-0.2, -0.15) is 4.98 Å². The van der Waals surface area contributed by atoms with E-state index in [1.54, 1.807) is 7.11 Å². The average molecular weight is 192 g/mol. The number of methoxy groups -OCH3 is 1. The van der Waals surface area contributed by atoms with Crippen LogP contribution in [0.4, 0.5) is 5.82 Å². The van der Waals surface area contributed by atoms with Gasteiger partial charge in [-0.05, 0) is 32.3 Å². The molecule has 1 aliphatic carbocycles. The fraction of sp³-hybridized carbons (Fsp3) is 0.545. The van der Waals surface area contributed by atoms with Gasteiger partial charge in [0.1, 0.15) is 5.82 Å². The smallest absolute Gasteiger partial charge is 0.214 e. The second-order valence-corrected chi connectivity index (χ2v) is 4.10. The van der Waals surface area contributed by atoms with Crippen LogP contribution in [-0.4, -0.2) is 17.6 Å². The summed E-state index contributed by atoms with van der Waals surface area (Å²) in [5.74, 6) is 1.57. The fourth-order valence-corrected chi connectivity index (χ4v) is 1.74. The molecule has 0 amide bonds. The van der Waals surface area contributed by atoms with Crippen molar-refractivity contribution < 1.29 is 4.74 Å². The zero-order chi connectivity index (χ0) is 10.0. The minimum Gasteiger partial charge on any atom is -0.481 e. The molecule has 0 atom stereocenters. The van der Waals surface area contributed by atoms with Crippen molar-refractivity contribution in [1.82, 2.24) is 4.98 Å².